The zero-order valence-corrected chi connectivity index (χ0v) is 16.1. The van der Waals surface area contributed by atoms with Crippen LogP contribution >= 0.6 is 11.6 Å². The maximum atomic E-state index is 14.3. The SMILES string of the molecule is Cc1cc(Cl)ccc1OCC1CN(C(=O)c2cc3c(cc2F)OCC(=O)C3)C1. The molecule has 5 nitrogen and oxygen atoms in total. The van der Waals surface area contributed by atoms with Crippen LogP contribution in [0.5, 0.6) is 11.5 Å². The third kappa shape index (κ3) is 3.69. The lowest BCUT2D eigenvalue weighted by Gasteiger charge is -2.39. The number of carbonyl (C=O) groups is 2. The van der Waals surface area contributed by atoms with Crippen LogP contribution in [0.3, 0.4) is 0 Å². The van der Waals surface area contributed by atoms with E-state index in [2.05, 4.69) is 0 Å². The lowest BCUT2D eigenvalue weighted by Crippen LogP contribution is -2.52. The number of nitrogens with zero attached hydrogens (tertiary/aromatic N) is 1. The largest absolute Gasteiger partial charge is 0.493 e. The van der Waals surface area contributed by atoms with Gasteiger partial charge >= 0.3 is 0 Å². The summed E-state index contributed by atoms with van der Waals surface area (Å²) in [5, 5.41) is 0.657. The molecule has 0 unspecified atom stereocenters. The molecule has 0 radical (unpaired) electrons. The number of amides is 1. The number of carbonyl (C=O) groups excluding carboxylic acids is 2. The molecule has 0 N–H and O–H groups in total. The highest BCUT2D eigenvalue weighted by molar-refractivity contribution is 6.30. The third-order valence-corrected chi connectivity index (χ3v) is 5.25. The van der Waals surface area contributed by atoms with Crippen molar-refractivity contribution in [3.05, 3.63) is 57.9 Å². The number of aryl methyl sites for hydroxylation is 1. The lowest BCUT2D eigenvalue weighted by molar-refractivity contribution is -0.121. The summed E-state index contributed by atoms with van der Waals surface area (Å²) in [4.78, 5) is 25.7. The average Bonchev–Trinajstić information content (AvgIpc) is 2.61. The van der Waals surface area contributed by atoms with Gasteiger partial charge < -0.3 is 14.4 Å². The number of hydrogen-bond acceptors (Lipinski definition) is 4. The van der Waals surface area contributed by atoms with E-state index < -0.39 is 5.82 Å². The topological polar surface area (TPSA) is 55.8 Å². The highest BCUT2D eigenvalue weighted by Gasteiger charge is 2.34. The molecule has 2 heterocycles. The Morgan fingerprint density at radius 1 is 1.32 bits per heavy atom. The van der Waals surface area contributed by atoms with Gasteiger partial charge in [-0.2, -0.15) is 0 Å². The molecule has 146 valence electrons. The number of ketones is 1. The van der Waals surface area contributed by atoms with Crippen molar-refractivity contribution < 1.29 is 23.5 Å². The fraction of sp³-hybridized carbons (Fsp3) is 0.333. The number of halogens is 2. The zero-order chi connectivity index (χ0) is 19.8. The van der Waals surface area contributed by atoms with Gasteiger partial charge in [0.25, 0.3) is 5.91 Å². The average molecular weight is 404 g/mol. The van der Waals surface area contributed by atoms with Crippen LogP contribution in [-0.2, 0) is 11.2 Å². The number of Topliss-reactive ketones (excluding diaryl/α,β-unsaturated/α-hetero) is 1. The molecule has 28 heavy (non-hydrogen) atoms. The van der Waals surface area contributed by atoms with Gasteiger partial charge in [-0.25, -0.2) is 4.39 Å². The van der Waals surface area contributed by atoms with Crippen LogP contribution in [0, 0.1) is 18.7 Å². The van der Waals surface area contributed by atoms with Crippen LogP contribution in [0.25, 0.3) is 0 Å². The molecule has 0 atom stereocenters. The van der Waals surface area contributed by atoms with Crippen LogP contribution in [0.1, 0.15) is 21.5 Å². The van der Waals surface area contributed by atoms with Crippen molar-refractivity contribution in [1.29, 1.82) is 0 Å². The molecule has 1 fully saturated rings. The van der Waals surface area contributed by atoms with Gasteiger partial charge in [0.1, 0.15) is 23.9 Å². The smallest absolute Gasteiger partial charge is 0.256 e. The first-order valence-corrected chi connectivity index (χ1v) is 9.43. The molecule has 0 spiro atoms. The van der Waals surface area contributed by atoms with Gasteiger partial charge in [-0.15, -0.1) is 0 Å². The lowest BCUT2D eigenvalue weighted by atomic mass is 9.97. The normalized spacial score (nSPS) is 16.2. The Hall–Kier alpha value is -2.60. The monoisotopic (exact) mass is 403 g/mol. The summed E-state index contributed by atoms with van der Waals surface area (Å²) in [7, 11) is 0. The van der Waals surface area contributed by atoms with Crippen LogP contribution in [0.15, 0.2) is 30.3 Å². The van der Waals surface area contributed by atoms with Crippen molar-refractivity contribution >= 4 is 23.3 Å². The molecular formula is C21H19ClFNO4. The van der Waals surface area contributed by atoms with E-state index in [0.29, 0.717) is 36.0 Å². The molecule has 2 aromatic carbocycles. The van der Waals surface area contributed by atoms with Crippen molar-refractivity contribution in [3.8, 4) is 11.5 Å². The van der Waals surface area contributed by atoms with E-state index in [0.717, 1.165) is 11.3 Å². The number of benzene rings is 2. The maximum Gasteiger partial charge on any atom is 0.256 e. The summed E-state index contributed by atoms with van der Waals surface area (Å²) < 4.78 is 25.4. The van der Waals surface area contributed by atoms with Gasteiger partial charge in [0.2, 0.25) is 0 Å². The molecule has 1 saturated heterocycles. The molecule has 0 aliphatic carbocycles. The second-order valence-electron chi connectivity index (χ2n) is 7.24. The Kier molecular flexibility index (Phi) is 4.98. The fourth-order valence-corrected chi connectivity index (χ4v) is 3.68. The van der Waals surface area contributed by atoms with Crippen LogP contribution < -0.4 is 9.47 Å². The van der Waals surface area contributed by atoms with Gasteiger partial charge in [-0.3, -0.25) is 9.59 Å². The molecule has 2 aliphatic heterocycles. The summed E-state index contributed by atoms with van der Waals surface area (Å²) in [6.45, 7) is 3.34. The Morgan fingerprint density at radius 2 is 2.11 bits per heavy atom. The highest BCUT2D eigenvalue weighted by Crippen LogP contribution is 2.29. The van der Waals surface area contributed by atoms with E-state index >= 15 is 0 Å². The fourth-order valence-electron chi connectivity index (χ4n) is 3.45. The van der Waals surface area contributed by atoms with Crippen LogP contribution in [0.4, 0.5) is 4.39 Å². The Balaban J connectivity index is 1.36. The van der Waals surface area contributed by atoms with E-state index in [1.165, 1.54) is 12.1 Å². The van der Waals surface area contributed by atoms with E-state index in [1.807, 2.05) is 19.1 Å². The molecule has 4 rings (SSSR count). The Labute approximate surface area is 167 Å². The Morgan fingerprint density at radius 3 is 2.86 bits per heavy atom. The van der Waals surface area contributed by atoms with Crippen LogP contribution in [-0.4, -0.2) is 42.9 Å². The number of likely N-dealkylation sites (tertiary alicyclic amines) is 1. The molecule has 1 amide bonds. The first-order valence-electron chi connectivity index (χ1n) is 9.06. The molecule has 0 saturated carbocycles. The molecule has 0 bridgehead atoms. The minimum Gasteiger partial charge on any atom is -0.493 e. The standard InChI is InChI=1S/C21H19ClFNO4/c1-12-4-15(22)2-3-19(12)27-10-13-8-24(9-13)21(26)17-6-14-5-16(25)11-28-20(14)7-18(17)23/h2-4,6-7,13H,5,8-11H2,1H3. The summed E-state index contributed by atoms with van der Waals surface area (Å²) in [6, 6.07) is 8.06. The summed E-state index contributed by atoms with van der Waals surface area (Å²) in [6.07, 6.45) is 0.160. The molecule has 2 aliphatic rings. The van der Waals surface area contributed by atoms with Crippen molar-refractivity contribution in [1.82, 2.24) is 4.90 Å². The maximum absolute atomic E-state index is 14.3. The summed E-state index contributed by atoms with van der Waals surface area (Å²) in [5.74, 6) is 0.189. The van der Waals surface area contributed by atoms with Crippen molar-refractivity contribution in [2.24, 2.45) is 5.92 Å². The van der Waals surface area contributed by atoms with Gasteiger partial charge in [0.15, 0.2) is 5.78 Å². The van der Waals surface area contributed by atoms with Gasteiger partial charge in [0.05, 0.1) is 12.2 Å². The predicted molar refractivity (Wildman–Crippen MR) is 102 cm³/mol. The second-order valence-corrected chi connectivity index (χ2v) is 7.68. The predicted octanol–water partition coefficient (Wildman–Crippen LogP) is 3.44. The van der Waals surface area contributed by atoms with Crippen molar-refractivity contribution in [3.63, 3.8) is 0 Å². The van der Waals surface area contributed by atoms with Gasteiger partial charge in [-0.1, -0.05) is 11.6 Å². The molecular weight excluding hydrogens is 385 g/mol. The summed E-state index contributed by atoms with van der Waals surface area (Å²) >= 11 is 5.94. The third-order valence-electron chi connectivity index (χ3n) is 5.01. The van der Waals surface area contributed by atoms with E-state index in [-0.39, 0.29) is 36.2 Å². The zero-order valence-electron chi connectivity index (χ0n) is 15.3. The van der Waals surface area contributed by atoms with Crippen molar-refractivity contribution in [2.75, 3.05) is 26.3 Å². The van der Waals surface area contributed by atoms with E-state index in [1.54, 1.807) is 11.0 Å². The number of ether oxygens (including phenoxy) is 2. The molecule has 7 heteroatoms. The van der Waals surface area contributed by atoms with Crippen LogP contribution in [0.2, 0.25) is 5.02 Å². The van der Waals surface area contributed by atoms with Gasteiger partial charge in [0, 0.05) is 42.1 Å². The summed E-state index contributed by atoms with van der Waals surface area (Å²) in [5.41, 5.74) is 1.48. The molecule has 2 aromatic rings. The number of fused-ring (bicyclic) bond motifs is 1. The first kappa shape index (κ1) is 18.7. The van der Waals surface area contributed by atoms with E-state index in [4.69, 9.17) is 21.1 Å². The molecule has 0 aromatic heterocycles. The minimum atomic E-state index is -0.630. The van der Waals surface area contributed by atoms with E-state index in [9.17, 15) is 14.0 Å². The number of rotatable bonds is 4. The van der Waals surface area contributed by atoms with Gasteiger partial charge in [-0.05, 0) is 36.8 Å². The Bertz CT molecular complexity index is 956. The first-order chi connectivity index (χ1) is 13.4. The quantitative estimate of drug-likeness (QED) is 0.784. The van der Waals surface area contributed by atoms with Crippen molar-refractivity contribution in [2.45, 2.75) is 13.3 Å². The minimum absolute atomic E-state index is 0.0232. The number of hydrogen-bond donors (Lipinski definition) is 0. The highest BCUT2D eigenvalue weighted by atomic mass is 35.5. The second kappa shape index (κ2) is 7.43.